The zero-order valence-electron chi connectivity index (χ0n) is 41.6. The first-order valence-corrected chi connectivity index (χ1v) is 28.3. The minimum atomic E-state index is -5.04. The van der Waals surface area contributed by atoms with Crippen molar-refractivity contribution in [2.45, 2.75) is 117 Å². The average Bonchev–Trinajstić information content (AvgIpc) is 4.07. The molecule has 3 aromatic heterocycles. The molecule has 2 aromatic carbocycles. The number of carbonyl (C=O) groups excluding carboxylic acids is 1. The number of aryl methyl sites for hydroxylation is 1. The van der Waals surface area contributed by atoms with Crippen molar-refractivity contribution in [2.75, 3.05) is 25.1 Å². The second-order valence-corrected chi connectivity index (χ2v) is 23.1. The lowest BCUT2D eigenvalue weighted by Gasteiger charge is -2.37. The summed E-state index contributed by atoms with van der Waals surface area (Å²) in [7, 11) is -12.0. The Kier molecular flexibility index (Phi) is 19.3. The summed E-state index contributed by atoms with van der Waals surface area (Å²) in [6.07, 6.45) is -4.91. The van der Waals surface area contributed by atoms with Gasteiger partial charge in [-0.15, -0.1) is 0 Å². The maximum absolute atomic E-state index is 15.5. The predicted octanol–water partition coefficient (Wildman–Crippen LogP) is 7.90. The standard InChI is InChI=1S/C45H56Cl2N9O16P3/c1-25(2)41(57)51-44-50-40-39(43(59)52-44)49-24-55(40)38-20-34(36(68-38)22-65-74(61,62)70-31-15-10-8-13-29(31)46)72-75(63,71-32-16-11-9-14-30(32)47)66-23-35-33(19-37(67-35)54-21-28(7)42(58)53-45(54)60)69-73(64-18-12-17-48)56(26(3)4)27(5)6/h8-11,13-16,21,24-27,33-38H,12,18-20,22-23H2,1-7H3,(H,61,62)(H,53,58,60)(H2,50,51,52,57,59)/t33-,34-,35+,36+,37+,38+,73?,75?/m0/s1. The molecule has 7 rings (SSSR count). The molecule has 5 heterocycles. The number of aromatic nitrogens is 6. The number of H-pyrrole nitrogens is 2. The largest absolute Gasteiger partial charge is 0.530 e. The molecule has 1 amide bonds. The normalized spacial score (nSPS) is 21.9. The number of rotatable bonds is 24. The molecule has 75 heavy (non-hydrogen) atoms. The Morgan fingerprint density at radius 3 is 2.13 bits per heavy atom. The first-order valence-electron chi connectivity index (χ1n) is 23.5. The maximum atomic E-state index is 15.5. The highest BCUT2D eigenvalue weighted by molar-refractivity contribution is 7.49. The van der Waals surface area contributed by atoms with Crippen LogP contribution in [0.1, 0.15) is 78.8 Å². The van der Waals surface area contributed by atoms with Gasteiger partial charge in [0.2, 0.25) is 11.9 Å². The molecule has 9 atom stereocenters. The van der Waals surface area contributed by atoms with Crippen molar-refractivity contribution in [1.82, 2.24) is 33.7 Å². The van der Waals surface area contributed by atoms with Crippen LogP contribution in [0.5, 0.6) is 11.5 Å². The van der Waals surface area contributed by atoms with Crippen molar-refractivity contribution < 1.29 is 60.0 Å². The van der Waals surface area contributed by atoms with E-state index in [1.807, 2.05) is 32.4 Å². The smallest absolute Gasteiger partial charge is 0.403 e. The number of aromatic amines is 2. The van der Waals surface area contributed by atoms with Gasteiger partial charge in [-0.25, -0.2) is 23.6 Å². The number of nitrogens with one attached hydrogen (secondary N) is 3. The van der Waals surface area contributed by atoms with Gasteiger partial charge >= 0.3 is 21.3 Å². The maximum Gasteiger partial charge on any atom is 0.530 e. The number of nitrogens with zero attached hydrogens (tertiary/aromatic N) is 6. The third-order valence-corrected chi connectivity index (χ3v) is 16.5. The third-order valence-electron chi connectivity index (χ3n) is 11.4. The van der Waals surface area contributed by atoms with Gasteiger partial charge in [-0.3, -0.25) is 57.3 Å². The van der Waals surface area contributed by atoms with Crippen LogP contribution in [0.3, 0.4) is 0 Å². The summed E-state index contributed by atoms with van der Waals surface area (Å²) in [6, 6.07) is 13.7. The van der Waals surface area contributed by atoms with E-state index in [2.05, 4.69) is 31.3 Å². The number of hydrogen-bond acceptors (Lipinski definition) is 19. The number of phosphoric ester groups is 2. The van der Waals surface area contributed by atoms with Crippen molar-refractivity contribution in [2.24, 2.45) is 5.92 Å². The van der Waals surface area contributed by atoms with Crippen LogP contribution in [0.4, 0.5) is 5.95 Å². The van der Waals surface area contributed by atoms with E-state index >= 15 is 4.57 Å². The molecule has 25 nitrogen and oxygen atoms in total. The van der Waals surface area contributed by atoms with Crippen molar-refractivity contribution in [3.8, 4) is 17.6 Å². The zero-order valence-corrected chi connectivity index (χ0v) is 45.8. The summed E-state index contributed by atoms with van der Waals surface area (Å²) in [5.74, 6) is -1.42. The van der Waals surface area contributed by atoms with E-state index in [9.17, 15) is 33.9 Å². The van der Waals surface area contributed by atoms with Crippen molar-refractivity contribution >= 4 is 70.4 Å². The number of carbonyl (C=O) groups is 1. The summed E-state index contributed by atoms with van der Waals surface area (Å²) in [4.78, 5) is 75.8. The van der Waals surface area contributed by atoms with E-state index in [0.29, 0.717) is 0 Å². The van der Waals surface area contributed by atoms with Gasteiger partial charge < -0.3 is 27.6 Å². The van der Waals surface area contributed by atoms with Gasteiger partial charge in [-0.2, -0.15) is 10.2 Å². The van der Waals surface area contributed by atoms with Crippen molar-refractivity contribution in [3.63, 3.8) is 0 Å². The number of hydrogen-bond donors (Lipinski definition) is 4. The molecule has 0 radical (unpaired) electrons. The Balaban J connectivity index is 1.24. The highest BCUT2D eigenvalue weighted by Gasteiger charge is 2.48. The molecule has 0 bridgehead atoms. The Morgan fingerprint density at radius 1 is 0.907 bits per heavy atom. The molecule has 5 aromatic rings. The minimum Gasteiger partial charge on any atom is -0.403 e. The lowest BCUT2D eigenvalue weighted by molar-refractivity contribution is -0.118. The van der Waals surface area contributed by atoms with Gasteiger partial charge in [0.15, 0.2) is 11.2 Å². The van der Waals surface area contributed by atoms with Gasteiger partial charge in [0.25, 0.3) is 19.6 Å². The van der Waals surface area contributed by atoms with Crippen LogP contribution < -0.4 is 31.2 Å². The highest BCUT2D eigenvalue weighted by Crippen LogP contribution is 2.56. The van der Waals surface area contributed by atoms with Crippen molar-refractivity contribution in [3.05, 3.63) is 108 Å². The van der Waals surface area contributed by atoms with Crippen LogP contribution >= 0.6 is 47.4 Å². The molecule has 2 fully saturated rings. The summed E-state index contributed by atoms with van der Waals surface area (Å²) in [5, 5.41) is 11.9. The van der Waals surface area contributed by atoms with E-state index in [4.69, 9.17) is 64.3 Å². The second kappa shape index (κ2) is 25.1. The summed E-state index contributed by atoms with van der Waals surface area (Å²) < 4.78 is 88.4. The number of fused-ring (bicyclic) bond motifs is 1. The van der Waals surface area contributed by atoms with Crippen LogP contribution in [-0.4, -0.2) is 101 Å². The molecule has 3 unspecified atom stereocenters. The van der Waals surface area contributed by atoms with E-state index in [0.717, 1.165) is 0 Å². The number of halogens is 2. The van der Waals surface area contributed by atoms with Crippen LogP contribution in [0.2, 0.25) is 10.0 Å². The fourth-order valence-electron chi connectivity index (χ4n) is 7.82. The molecule has 2 saturated heterocycles. The lowest BCUT2D eigenvalue weighted by atomic mass is 10.2. The minimum absolute atomic E-state index is 0.00123. The van der Waals surface area contributed by atoms with E-state index < -0.39 is 103 Å². The van der Waals surface area contributed by atoms with E-state index in [1.165, 1.54) is 58.9 Å². The lowest BCUT2D eigenvalue weighted by Crippen LogP contribution is -2.36. The van der Waals surface area contributed by atoms with Gasteiger partial charge in [0.05, 0.1) is 54.8 Å². The summed E-state index contributed by atoms with van der Waals surface area (Å²) in [5.41, 5.74) is -2.06. The molecule has 2 aliphatic heterocycles. The molecule has 0 spiro atoms. The van der Waals surface area contributed by atoms with Crippen LogP contribution in [0, 0.1) is 24.2 Å². The van der Waals surface area contributed by atoms with Gasteiger partial charge in [-0.05, 0) is 58.9 Å². The summed E-state index contributed by atoms with van der Waals surface area (Å²) >= 11 is 12.7. The topological polar surface area (TPSA) is 312 Å². The van der Waals surface area contributed by atoms with E-state index in [1.54, 1.807) is 32.0 Å². The van der Waals surface area contributed by atoms with E-state index in [-0.39, 0.29) is 82.2 Å². The highest BCUT2D eigenvalue weighted by atomic mass is 35.5. The molecule has 0 aliphatic carbocycles. The average molecular weight is 1140 g/mol. The van der Waals surface area contributed by atoms with Gasteiger partial charge in [0.1, 0.15) is 42.3 Å². The van der Waals surface area contributed by atoms with Gasteiger partial charge in [-0.1, -0.05) is 61.3 Å². The fraction of sp³-hybridized carbons (Fsp3) is 0.489. The van der Waals surface area contributed by atoms with Crippen LogP contribution in [-0.2, 0) is 46.0 Å². The monoisotopic (exact) mass is 1140 g/mol. The van der Waals surface area contributed by atoms with Crippen molar-refractivity contribution in [1.29, 1.82) is 5.26 Å². The number of amides is 1. The number of nitriles is 1. The molecule has 4 N–H and O–H groups in total. The molecule has 30 heteroatoms. The number of ether oxygens (including phenoxy) is 2. The number of benzene rings is 2. The molecule has 2 aliphatic rings. The first kappa shape index (κ1) is 57.8. The SMILES string of the molecule is Cc1cn([C@H]2C[C@H](OP(OCCC#N)N(C(C)C)C(C)C)[C@@H](COP(=O)(Oc3ccccc3Cl)O[C@H]3C[C@H](n4cnc5c(=O)[nH]c(NC(=O)C(C)C)nc54)O[C@@H]3COP(=O)(O)Oc3ccccc3Cl)O2)c(=O)[nH]c1=O. The number of anilines is 1. The Morgan fingerprint density at radius 2 is 1.51 bits per heavy atom. The molecular formula is C45H56Cl2N9O16P3. The summed E-state index contributed by atoms with van der Waals surface area (Å²) in [6.45, 7) is 11.2. The fourth-order valence-corrected chi connectivity index (χ4v) is 12.3. The Bertz CT molecular complexity index is 3140. The van der Waals surface area contributed by atoms with Crippen LogP contribution in [0.25, 0.3) is 11.2 Å². The first-order chi connectivity index (χ1) is 35.5. The van der Waals surface area contributed by atoms with Gasteiger partial charge in [0, 0.05) is 42.6 Å². The quantitative estimate of drug-likeness (QED) is 0.0337. The van der Waals surface area contributed by atoms with Crippen LogP contribution in [0.15, 0.2) is 75.4 Å². The predicted molar refractivity (Wildman–Crippen MR) is 273 cm³/mol. The number of phosphoric acid groups is 2. The number of para-hydroxylation sites is 2. The molecular weight excluding hydrogens is 1090 g/mol. The molecule has 406 valence electrons. The third kappa shape index (κ3) is 14.6. The Hall–Kier alpha value is -4.86. The Labute approximate surface area is 440 Å². The second-order valence-electron chi connectivity index (χ2n) is 18.0. The number of imidazole rings is 1. The zero-order chi connectivity index (χ0) is 54.4. The molecule has 0 saturated carbocycles.